The highest BCUT2D eigenvalue weighted by Gasteiger charge is 2.27. The molecule has 0 fully saturated rings. The maximum absolute atomic E-state index is 3.83. The van der Waals surface area contributed by atoms with Crippen molar-refractivity contribution in [2.75, 3.05) is 12.3 Å². The van der Waals surface area contributed by atoms with Crippen LogP contribution in [0.15, 0.2) is 24.3 Å². The third kappa shape index (κ3) is 5.03. The molecule has 0 amide bonds. The van der Waals surface area contributed by atoms with E-state index >= 15 is 0 Å². The Morgan fingerprint density at radius 3 is 2.86 bits per heavy atom. The Labute approximate surface area is 135 Å². The molecule has 1 aliphatic carbocycles. The van der Waals surface area contributed by atoms with Gasteiger partial charge in [-0.2, -0.15) is 11.8 Å². The molecule has 0 spiro atoms. The van der Waals surface area contributed by atoms with E-state index < -0.39 is 0 Å². The van der Waals surface area contributed by atoms with Gasteiger partial charge in [0.1, 0.15) is 0 Å². The Hall–Kier alpha value is -0.470. The topological polar surface area (TPSA) is 12.0 Å². The second-order valence-electron chi connectivity index (χ2n) is 6.61. The second-order valence-corrected chi connectivity index (χ2v) is 7.96. The zero-order valence-corrected chi connectivity index (χ0v) is 14.7. The first kappa shape index (κ1) is 16.9. The van der Waals surface area contributed by atoms with Gasteiger partial charge in [-0.3, -0.25) is 0 Å². The summed E-state index contributed by atoms with van der Waals surface area (Å²) in [4.78, 5) is 0. The van der Waals surface area contributed by atoms with Crippen molar-refractivity contribution in [1.29, 1.82) is 0 Å². The van der Waals surface area contributed by atoms with Crippen LogP contribution in [0.1, 0.15) is 63.6 Å². The van der Waals surface area contributed by atoms with Crippen LogP contribution in [-0.2, 0) is 6.42 Å². The Bertz CT molecular complexity index is 416. The molecule has 0 bridgehead atoms. The van der Waals surface area contributed by atoms with Gasteiger partial charge in [0.2, 0.25) is 0 Å². The number of rotatable bonds is 7. The van der Waals surface area contributed by atoms with Crippen molar-refractivity contribution in [3.8, 4) is 0 Å². The summed E-state index contributed by atoms with van der Waals surface area (Å²) in [5.74, 6) is 2.12. The fourth-order valence-electron chi connectivity index (χ4n) is 3.10. The number of aryl methyl sites for hydroxylation is 1. The van der Waals surface area contributed by atoms with Crippen LogP contribution in [0, 0.1) is 5.92 Å². The van der Waals surface area contributed by atoms with Gasteiger partial charge in [-0.05, 0) is 61.4 Å². The number of benzene rings is 1. The summed E-state index contributed by atoms with van der Waals surface area (Å²) in [6.45, 7) is 8.04. The molecule has 1 aliphatic rings. The van der Waals surface area contributed by atoms with E-state index in [4.69, 9.17) is 0 Å². The van der Waals surface area contributed by atoms with Gasteiger partial charge < -0.3 is 5.32 Å². The van der Waals surface area contributed by atoms with Gasteiger partial charge in [-0.1, -0.05) is 45.0 Å². The van der Waals surface area contributed by atoms with E-state index in [0.29, 0.717) is 6.04 Å². The van der Waals surface area contributed by atoms with Gasteiger partial charge in [-0.25, -0.2) is 0 Å². The van der Waals surface area contributed by atoms with Crippen molar-refractivity contribution in [2.24, 2.45) is 5.92 Å². The summed E-state index contributed by atoms with van der Waals surface area (Å²) in [6.07, 6.45) is 6.48. The first-order valence-corrected chi connectivity index (χ1v) is 9.70. The number of hydrogen-bond acceptors (Lipinski definition) is 2. The lowest BCUT2D eigenvalue weighted by Crippen LogP contribution is -2.31. The lowest BCUT2D eigenvalue weighted by Gasteiger charge is -2.28. The lowest BCUT2D eigenvalue weighted by molar-refractivity contribution is 0.500. The molecular formula is C19H31NS. The Morgan fingerprint density at radius 2 is 2.10 bits per heavy atom. The molecule has 2 rings (SSSR count). The van der Waals surface area contributed by atoms with Crippen molar-refractivity contribution >= 4 is 11.8 Å². The molecule has 2 unspecified atom stereocenters. The summed E-state index contributed by atoms with van der Waals surface area (Å²) < 4.78 is 0. The van der Waals surface area contributed by atoms with Gasteiger partial charge in [-0.15, -0.1) is 0 Å². The first-order chi connectivity index (χ1) is 10.2. The van der Waals surface area contributed by atoms with Crippen LogP contribution in [0.5, 0.6) is 0 Å². The molecule has 2 heteroatoms. The average Bonchev–Trinajstić information content (AvgIpc) is 2.64. The van der Waals surface area contributed by atoms with Gasteiger partial charge in [0.15, 0.2) is 0 Å². The molecular weight excluding hydrogens is 274 g/mol. The van der Waals surface area contributed by atoms with Crippen LogP contribution in [0.3, 0.4) is 0 Å². The molecule has 0 saturated heterocycles. The minimum Gasteiger partial charge on any atom is -0.309 e. The highest BCUT2D eigenvalue weighted by Crippen LogP contribution is 2.36. The largest absolute Gasteiger partial charge is 0.309 e. The van der Waals surface area contributed by atoms with Crippen LogP contribution in [0.2, 0.25) is 0 Å². The minimum absolute atomic E-state index is 0.542. The molecule has 0 aromatic heterocycles. The number of hydrogen-bond donors (Lipinski definition) is 1. The Kier molecular flexibility index (Phi) is 7.12. The van der Waals surface area contributed by atoms with Crippen molar-refractivity contribution in [2.45, 2.75) is 64.2 Å². The Morgan fingerprint density at radius 1 is 1.29 bits per heavy atom. The molecule has 0 radical (unpaired) electrons. The summed E-state index contributed by atoms with van der Waals surface area (Å²) in [5, 5.41) is 4.57. The van der Waals surface area contributed by atoms with Gasteiger partial charge in [0.25, 0.3) is 0 Å². The van der Waals surface area contributed by atoms with E-state index in [1.165, 1.54) is 37.9 Å². The van der Waals surface area contributed by atoms with Crippen LogP contribution in [0.25, 0.3) is 0 Å². The molecule has 21 heavy (non-hydrogen) atoms. The molecule has 0 heterocycles. The van der Waals surface area contributed by atoms with Gasteiger partial charge in [0.05, 0.1) is 0 Å². The highest BCUT2D eigenvalue weighted by atomic mass is 32.2. The maximum atomic E-state index is 3.83. The predicted molar refractivity (Wildman–Crippen MR) is 96.1 cm³/mol. The van der Waals surface area contributed by atoms with Gasteiger partial charge in [0, 0.05) is 11.3 Å². The van der Waals surface area contributed by atoms with Crippen LogP contribution in [0.4, 0.5) is 0 Å². The normalized spacial score (nSPS) is 22.1. The van der Waals surface area contributed by atoms with Crippen molar-refractivity contribution < 1.29 is 0 Å². The van der Waals surface area contributed by atoms with Crippen molar-refractivity contribution in [3.63, 3.8) is 0 Å². The van der Waals surface area contributed by atoms with E-state index in [2.05, 4.69) is 62.1 Å². The molecule has 1 aromatic rings. The smallest absolute Gasteiger partial charge is 0.0443 e. The fraction of sp³-hybridized carbons (Fsp3) is 0.684. The molecule has 0 saturated carbocycles. The monoisotopic (exact) mass is 305 g/mol. The summed E-state index contributed by atoms with van der Waals surface area (Å²) in [7, 11) is 0. The van der Waals surface area contributed by atoms with E-state index in [-0.39, 0.29) is 0 Å². The lowest BCUT2D eigenvalue weighted by atomic mass is 9.99. The fourth-order valence-corrected chi connectivity index (χ4v) is 4.78. The molecule has 2 atom stereocenters. The molecule has 1 N–H and O–H groups in total. The van der Waals surface area contributed by atoms with Crippen LogP contribution in [-0.4, -0.2) is 17.5 Å². The Balaban J connectivity index is 2.10. The predicted octanol–water partition coefficient (Wildman–Crippen LogP) is 5.21. The zero-order valence-electron chi connectivity index (χ0n) is 13.9. The summed E-state index contributed by atoms with van der Waals surface area (Å²) >= 11 is 2.20. The number of nitrogens with one attached hydrogen (secondary N) is 1. The van der Waals surface area contributed by atoms with E-state index in [9.17, 15) is 0 Å². The third-order valence-electron chi connectivity index (χ3n) is 4.34. The number of thioether (sulfide) groups is 1. The minimum atomic E-state index is 0.542. The SMILES string of the molecule is CCCNC1c2ccccc2CCCC1SCCC(C)C. The second kappa shape index (κ2) is 8.85. The van der Waals surface area contributed by atoms with Crippen LogP contribution >= 0.6 is 11.8 Å². The van der Waals surface area contributed by atoms with Crippen LogP contribution < -0.4 is 5.32 Å². The molecule has 1 aromatic carbocycles. The maximum Gasteiger partial charge on any atom is 0.0443 e. The quantitative estimate of drug-likeness (QED) is 0.694. The van der Waals surface area contributed by atoms with Crippen molar-refractivity contribution in [1.82, 2.24) is 5.32 Å². The highest BCUT2D eigenvalue weighted by molar-refractivity contribution is 7.99. The van der Waals surface area contributed by atoms with Gasteiger partial charge >= 0.3 is 0 Å². The summed E-state index contributed by atoms with van der Waals surface area (Å²) in [5.41, 5.74) is 3.13. The first-order valence-electron chi connectivity index (χ1n) is 8.65. The third-order valence-corrected chi connectivity index (χ3v) is 5.75. The van der Waals surface area contributed by atoms with E-state index in [1.54, 1.807) is 11.1 Å². The number of fused-ring (bicyclic) bond motifs is 1. The molecule has 118 valence electrons. The van der Waals surface area contributed by atoms with E-state index in [0.717, 1.165) is 17.7 Å². The average molecular weight is 306 g/mol. The molecule has 0 aliphatic heterocycles. The molecule has 1 nitrogen and oxygen atoms in total. The van der Waals surface area contributed by atoms with Crippen molar-refractivity contribution in [3.05, 3.63) is 35.4 Å². The van der Waals surface area contributed by atoms with E-state index in [1.807, 2.05) is 0 Å². The summed E-state index contributed by atoms with van der Waals surface area (Å²) in [6, 6.07) is 9.63. The zero-order chi connectivity index (χ0) is 15.1. The standard InChI is InChI=1S/C19H31NS/c1-4-13-20-19-17-10-6-5-8-16(17)9-7-11-18(19)21-14-12-15(2)3/h5-6,8,10,15,18-20H,4,7,9,11-14H2,1-3H3.